The molecule has 0 aromatic heterocycles. The quantitative estimate of drug-likeness (QED) is 0.678. The van der Waals surface area contributed by atoms with Crippen molar-refractivity contribution >= 4 is 0 Å². The van der Waals surface area contributed by atoms with Crippen LogP contribution < -0.4 is 0 Å². The Balaban J connectivity index is 2.42. The Morgan fingerprint density at radius 3 is 2.56 bits per heavy atom. The van der Waals surface area contributed by atoms with Gasteiger partial charge in [0.1, 0.15) is 0 Å². The summed E-state index contributed by atoms with van der Waals surface area (Å²) in [6, 6.07) is 0. The van der Waals surface area contributed by atoms with Crippen LogP contribution in [0.5, 0.6) is 0 Å². The van der Waals surface area contributed by atoms with E-state index in [2.05, 4.69) is 39.5 Å². The molecule has 0 aromatic carbocycles. The maximum atomic E-state index is 2.71. The van der Waals surface area contributed by atoms with Gasteiger partial charge in [0.05, 0.1) is 0 Å². The molecule has 0 aliphatic carbocycles. The fraction of sp³-hybridized carbons (Fsp3) is 1.00. The molecule has 1 heteroatoms. The summed E-state index contributed by atoms with van der Waals surface area (Å²) in [5, 5.41) is 0. The van der Waals surface area contributed by atoms with Gasteiger partial charge in [-0.1, -0.05) is 41.0 Å². The minimum Gasteiger partial charge on any atom is -0.303 e. The van der Waals surface area contributed by atoms with Crippen LogP contribution in [0.3, 0.4) is 0 Å². The topological polar surface area (TPSA) is 3.24 Å². The predicted molar refractivity (Wildman–Crippen MR) is 72.7 cm³/mol. The van der Waals surface area contributed by atoms with Crippen LogP contribution >= 0.6 is 0 Å². The number of hydrogen-bond donors (Lipinski definition) is 0. The third-order valence-electron chi connectivity index (χ3n) is 4.06. The van der Waals surface area contributed by atoms with Gasteiger partial charge in [-0.25, -0.2) is 0 Å². The molecule has 0 aromatic rings. The molecule has 1 nitrogen and oxygen atoms in total. The van der Waals surface area contributed by atoms with Gasteiger partial charge < -0.3 is 4.90 Å². The van der Waals surface area contributed by atoms with Gasteiger partial charge in [0, 0.05) is 13.1 Å². The Hall–Kier alpha value is -0.0400. The first-order valence-corrected chi connectivity index (χ1v) is 7.17. The first kappa shape index (κ1) is 14.0. The lowest BCUT2D eigenvalue weighted by Crippen LogP contribution is -2.42. The van der Waals surface area contributed by atoms with E-state index in [1.165, 1.54) is 45.3 Å². The molecule has 1 aliphatic heterocycles. The maximum absolute atomic E-state index is 2.71. The predicted octanol–water partition coefficient (Wildman–Crippen LogP) is 4.18. The molecule has 0 saturated carbocycles. The SMILES string of the molecule is CCCC(C)(C)CN1CCCC(C(C)C)C1. The molecule has 16 heavy (non-hydrogen) atoms. The molecule has 1 aliphatic rings. The van der Waals surface area contributed by atoms with Gasteiger partial charge in [0.2, 0.25) is 0 Å². The van der Waals surface area contributed by atoms with Crippen molar-refractivity contribution in [2.45, 2.75) is 60.3 Å². The fourth-order valence-corrected chi connectivity index (χ4v) is 3.14. The first-order chi connectivity index (χ1) is 7.44. The first-order valence-electron chi connectivity index (χ1n) is 7.17. The Labute approximate surface area is 103 Å². The summed E-state index contributed by atoms with van der Waals surface area (Å²) in [6.45, 7) is 15.9. The lowest BCUT2D eigenvalue weighted by molar-refractivity contribution is 0.0981. The average molecular weight is 225 g/mol. The summed E-state index contributed by atoms with van der Waals surface area (Å²) in [6.07, 6.45) is 5.53. The Morgan fingerprint density at radius 2 is 2.00 bits per heavy atom. The van der Waals surface area contributed by atoms with E-state index in [1.807, 2.05) is 0 Å². The Kier molecular flexibility index (Phi) is 5.30. The number of rotatable bonds is 5. The van der Waals surface area contributed by atoms with Crippen molar-refractivity contribution in [1.82, 2.24) is 4.90 Å². The van der Waals surface area contributed by atoms with E-state index in [4.69, 9.17) is 0 Å². The van der Waals surface area contributed by atoms with Crippen LogP contribution in [0.1, 0.15) is 60.3 Å². The van der Waals surface area contributed by atoms with Crippen molar-refractivity contribution in [3.63, 3.8) is 0 Å². The molecule has 1 fully saturated rings. The molecule has 0 spiro atoms. The molecule has 0 amide bonds. The average Bonchev–Trinajstić information content (AvgIpc) is 2.17. The number of piperidine rings is 1. The summed E-state index contributed by atoms with van der Waals surface area (Å²) in [5.41, 5.74) is 0.508. The summed E-state index contributed by atoms with van der Waals surface area (Å²) in [7, 11) is 0. The molecule has 0 radical (unpaired) electrons. The smallest absolute Gasteiger partial charge is 0.00328 e. The van der Waals surface area contributed by atoms with Crippen molar-refractivity contribution < 1.29 is 0 Å². The lowest BCUT2D eigenvalue weighted by atomic mass is 9.84. The zero-order valence-electron chi connectivity index (χ0n) is 12.1. The minimum atomic E-state index is 0.508. The van der Waals surface area contributed by atoms with Gasteiger partial charge in [-0.15, -0.1) is 0 Å². The molecular formula is C15H31N. The van der Waals surface area contributed by atoms with E-state index in [-0.39, 0.29) is 0 Å². The number of hydrogen-bond acceptors (Lipinski definition) is 1. The van der Waals surface area contributed by atoms with Crippen LogP contribution in [0.4, 0.5) is 0 Å². The highest BCUT2D eigenvalue weighted by Crippen LogP contribution is 2.28. The molecule has 0 N–H and O–H groups in total. The Morgan fingerprint density at radius 1 is 1.31 bits per heavy atom. The minimum absolute atomic E-state index is 0.508. The summed E-state index contributed by atoms with van der Waals surface area (Å²) < 4.78 is 0. The molecule has 1 atom stereocenters. The molecular weight excluding hydrogens is 194 g/mol. The monoisotopic (exact) mass is 225 g/mol. The standard InChI is InChI=1S/C15H31N/c1-6-9-15(4,5)12-16-10-7-8-14(11-16)13(2)3/h13-14H,6-12H2,1-5H3. The molecule has 0 bridgehead atoms. The van der Waals surface area contributed by atoms with Crippen molar-refractivity contribution in [1.29, 1.82) is 0 Å². The zero-order chi connectivity index (χ0) is 12.2. The van der Waals surface area contributed by atoms with Crippen LogP contribution in [-0.2, 0) is 0 Å². The molecule has 1 saturated heterocycles. The Bertz CT molecular complexity index is 196. The highest BCUT2D eigenvalue weighted by Gasteiger charge is 2.26. The second kappa shape index (κ2) is 6.05. The summed E-state index contributed by atoms with van der Waals surface area (Å²) in [5.74, 6) is 1.79. The van der Waals surface area contributed by atoms with E-state index in [9.17, 15) is 0 Å². The van der Waals surface area contributed by atoms with E-state index >= 15 is 0 Å². The van der Waals surface area contributed by atoms with Crippen molar-refractivity contribution in [2.75, 3.05) is 19.6 Å². The largest absolute Gasteiger partial charge is 0.303 e. The second-order valence-corrected chi connectivity index (χ2v) is 6.80. The van der Waals surface area contributed by atoms with Gasteiger partial charge in [0.25, 0.3) is 0 Å². The third-order valence-corrected chi connectivity index (χ3v) is 4.06. The number of likely N-dealkylation sites (tertiary alicyclic amines) is 1. The van der Waals surface area contributed by atoms with Crippen molar-refractivity contribution in [3.05, 3.63) is 0 Å². The van der Waals surface area contributed by atoms with Crippen LogP contribution in [0.2, 0.25) is 0 Å². The molecule has 96 valence electrons. The fourth-order valence-electron chi connectivity index (χ4n) is 3.14. The van der Waals surface area contributed by atoms with Crippen LogP contribution in [0.15, 0.2) is 0 Å². The molecule has 1 rings (SSSR count). The van der Waals surface area contributed by atoms with Crippen molar-refractivity contribution in [2.24, 2.45) is 17.3 Å². The van der Waals surface area contributed by atoms with Gasteiger partial charge in [0.15, 0.2) is 0 Å². The molecule has 1 heterocycles. The summed E-state index contributed by atoms with van der Waals surface area (Å²) in [4.78, 5) is 2.71. The van der Waals surface area contributed by atoms with Crippen LogP contribution in [0.25, 0.3) is 0 Å². The van der Waals surface area contributed by atoms with Gasteiger partial charge in [-0.2, -0.15) is 0 Å². The van der Waals surface area contributed by atoms with Crippen LogP contribution in [0, 0.1) is 17.3 Å². The third kappa shape index (κ3) is 4.45. The van der Waals surface area contributed by atoms with Gasteiger partial charge in [-0.05, 0) is 43.1 Å². The van der Waals surface area contributed by atoms with Crippen LogP contribution in [-0.4, -0.2) is 24.5 Å². The second-order valence-electron chi connectivity index (χ2n) is 6.80. The highest BCUT2D eigenvalue weighted by molar-refractivity contribution is 4.80. The van der Waals surface area contributed by atoms with E-state index < -0.39 is 0 Å². The van der Waals surface area contributed by atoms with E-state index in [0.29, 0.717) is 5.41 Å². The van der Waals surface area contributed by atoms with Gasteiger partial charge >= 0.3 is 0 Å². The van der Waals surface area contributed by atoms with Crippen molar-refractivity contribution in [3.8, 4) is 0 Å². The van der Waals surface area contributed by atoms with E-state index in [1.54, 1.807) is 0 Å². The van der Waals surface area contributed by atoms with Gasteiger partial charge in [-0.3, -0.25) is 0 Å². The summed E-state index contributed by atoms with van der Waals surface area (Å²) >= 11 is 0. The lowest BCUT2D eigenvalue weighted by Gasteiger charge is -2.39. The maximum Gasteiger partial charge on any atom is 0.00328 e. The highest BCUT2D eigenvalue weighted by atomic mass is 15.1. The normalized spacial score (nSPS) is 24.0. The zero-order valence-corrected chi connectivity index (χ0v) is 12.1. The number of nitrogens with zero attached hydrogens (tertiary/aromatic N) is 1. The van der Waals surface area contributed by atoms with E-state index in [0.717, 1.165) is 11.8 Å². The molecule has 1 unspecified atom stereocenters.